The van der Waals surface area contributed by atoms with E-state index in [4.69, 9.17) is 32.7 Å². The highest BCUT2D eigenvalue weighted by Crippen LogP contribution is 2.38. The van der Waals surface area contributed by atoms with Gasteiger partial charge in [-0.15, -0.1) is 0 Å². The molecule has 1 saturated heterocycles. The van der Waals surface area contributed by atoms with Crippen molar-refractivity contribution in [2.45, 2.75) is 23.5 Å². The molecule has 21 heavy (non-hydrogen) atoms. The van der Waals surface area contributed by atoms with Crippen molar-refractivity contribution in [3.63, 3.8) is 0 Å². The van der Waals surface area contributed by atoms with E-state index in [9.17, 15) is 19.7 Å². The van der Waals surface area contributed by atoms with Gasteiger partial charge in [0.1, 0.15) is 6.10 Å². The number of nitrogens with zero attached hydrogens (tertiary/aromatic N) is 1. The van der Waals surface area contributed by atoms with Crippen molar-refractivity contribution >= 4 is 40.8 Å². The maximum absolute atomic E-state index is 11.9. The highest BCUT2D eigenvalue weighted by atomic mass is 35.5. The van der Waals surface area contributed by atoms with E-state index < -0.39 is 33.4 Å². The van der Waals surface area contributed by atoms with E-state index >= 15 is 0 Å². The van der Waals surface area contributed by atoms with E-state index in [0.717, 1.165) is 12.1 Å². The summed E-state index contributed by atoms with van der Waals surface area (Å²) in [6.07, 6.45) is -1.97. The summed E-state index contributed by atoms with van der Waals surface area (Å²) in [5.74, 6) is -1.70. The van der Waals surface area contributed by atoms with Gasteiger partial charge in [-0.25, -0.2) is 9.59 Å². The van der Waals surface area contributed by atoms with Crippen LogP contribution in [0.3, 0.4) is 0 Å². The quantitative estimate of drug-likeness (QED) is 0.364. The lowest BCUT2D eigenvalue weighted by atomic mass is 10.1. The van der Waals surface area contributed by atoms with Crippen LogP contribution in [0.5, 0.6) is 0 Å². The van der Waals surface area contributed by atoms with Gasteiger partial charge in [-0.2, -0.15) is 0 Å². The molecule has 0 amide bonds. The first-order valence-corrected chi connectivity index (χ1v) is 6.53. The van der Waals surface area contributed by atoms with Crippen molar-refractivity contribution in [1.82, 2.24) is 0 Å². The maximum Gasteiger partial charge on any atom is 0.347 e. The molecule has 0 unspecified atom stereocenters. The van der Waals surface area contributed by atoms with Crippen molar-refractivity contribution in [1.29, 1.82) is 0 Å². The Morgan fingerprint density at radius 1 is 1.38 bits per heavy atom. The number of hydrogen-bond acceptors (Lipinski definition) is 6. The number of carbonyl (C=O) groups is 2. The van der Waals surface area contributed by atoms with Gasteiger partial charge in [0, 0.05) is 12.1 Å². The van der Waals surface area contributed by atoms with Crippen molar-refractivity contribution in [2.24, 2.45) is 0 Å². The monoisotopic (exact) mass is 333 g/mol. The first-order chi connectivity index (χ1) is 9.73. The van der Waals surface area contributed by atoms with Crippen molar-refractivity contribution < 1.29 is 24.0 Å². The Bertz CT molecular complexity index is 600. The second-order valence-corrected chi connectivity index (χ2v) is 5.75. The van der Waals surface area contributed by atoms with Gasteiger partial charge < -0.3 is 9.47 Å². The maximum atomic E-state index is 11.9. The molecule has 112 valence electrons. The van der Waals surface area contributed by atoms with Crippen molar-refractivity contribution in [3.8, 4) is 0 Å². The van der Waals surface area contributed by atoms with Gasteiger partial charge >= 0.3 is 11.9 Å². The third-order valence-electron chi connectivity index (χ3n) is 2.90. The summed E-state index contributed by atoms with van der Waals surface area (Å²) in [5, 5.41) is 10.5. The standard InChI is InChI=1S/C12H9Cl2NO6/c1-6-9(12(13,14)11(17)20-6)21-10(16)7-2-4-8(5-3-7)15(18)19/h2-6,9H,1H3/t6-,9+/m0/s1. The van der Waals surface area contributed by atoms with Crippen LogP contribution in [0, 0.1) is 10.1 Å². The average molecular weight is 334 g/mol. The molecule has 2 atom stereocenters. The zero-order valence-corrected chi connectivity index (χ0v) is 12.1. The van der Waals surface area contributed by atoms with E-state index in [1.54, 1.807) is 0 Å². The largest absolute Gasteiger partial charge is 0.456 e. The molecule has 0 saturated carbocycles. The summed E-state index contributed by atoms with van der Waals surface area (Å²) in [6.45, 7) is 1.48. The normalized spacial score (nSPS) is 23.5. The van der Waals surface area contributed by atoms with Gasteiger partial charge in [0.25, 0.3) is 10.0 Å². The molecule has 1 fully saturated rings. The lowest BCUT2D eigenvalue weighted by Crippen LogP contribution is -2.39. The van der Waals surface area contributed by atoms with Crippen LogP contribution >= 0.6 is 23.2 Å². The van der Waals surface area contributed by atoms with Crippen LogP contribution in [-0.2, 0) is 14.3 Å². The highest BCUT2D eigenvalue weighted by Gasteiger charge is 2.56. The van der Waals surface area contributed by atoms with Gasteiger partial charge in [-0.1, -0.05) is 23.2 Å². The minimum absolute atomic E-state index is 0.0660. The number of rotatable bonds is 3. The molecule has 0 radical (unpaired) electrons. The minimum atomic E-state index is -1.98. The molecule has 0 aromatic heterocycles. The predicted molar refractivity (Wildman–Crippen MR) is 72.3 cm³/mol. The molecule has 0 N–H and O–H groups in total. The van der Waals surface area contributed by atoms with Gasteiger partial charge in [-0.05, 0) is 19.1 Å². The smallest absolute Gasteiger partial charge is 0.347 e. The number of non-ortho nitro benzene ring substituents is 1. The summed E-state index contributed by atoms with van der Waals surface area (Å²) >= 11 is 11.6. The lowest BCUT2D eigenvalue weighted by Gasteiger charge is -2.20. The Morgan fingerprint density at radius 3 is 2.38 bits per heavy atom. The summed E-state index contributed by atoms with van der Waals surface area (Å²) < 4.78 is 7.91. The Morgan fingerprint density at radius 2 is 1.95 bits per heavy atom. The number of carbonyl (C=O) groups excluding carboxylic acids is 2. The number of cyclic esters (lactones) is 1. The van der Waals surface area contributed by atoms with Gasteiger partial charge in [0.15, 0.2) is 6.10 Å². The Hall–Kier alpha value is -1.86. The van der Waals surface area contributed by atoms with Gasteiger partial charge in [-0.3, -0.25) is 10.1 Å². The molecular weight excluding hydrogens is 325 g/mol. The molecule has 1 heterocycles. The number of esters is 2. The van der Waals surface area contributed by atoms with E-state index in [1.165, 1.54) is 19.1 Å². The fourth-order valence-corrected chi connectivity index (χ4v) is 2.33. The molecule has 1 aliphatic rings. The summed E-state index contributed by atoms with van der Waals surface area (Å²) in [7, 11) is 0. The minimum Gasteiger partial charge on any atom is -0.456 e. The Kier molecular flexibility index (Phi) is 4.06. The molecule has 1 aromatic rings. The predicted octanol–water partition coefficient (Wildman–Crippen LogP) is 2.24. The van der Waals surface area contributed by atoms with Crippen molar-refractivity contribution in [3.05, 3.63) is 39.9 Å². The molecule has 2 rings (SSSR count). The second-order valence-electron chi connectivity index (χ2n) is 4.36. The number of benzene rings is 1. The molecule has 0 aliphatic carbocycles. The number of nitro groups is 1. The molecular formula is C12H9Cl2NO6. The van der Waals surface area contributed by atoms with E-state index in [2.05, 4.69) is 0 Å². The fraction of sp³-hybridized carbons (Fsp3) is 0.333. The number of hydrogen-bond donors (Lipinski definition) is 0. The third-order valence-corrected chi connectivity index (χ3v) is 3.64. The van der Waals surface area contributed by atoms with E-state index in [-0.39, 0.29) is 11.3 Å². The number of alkyl halides is 2. The fourth-order valence-electron chi connectivity index (χ4n) is 1.79. The van der Waals surface area contributed by atoms with Crippen LogP contribution in [0.15, 0.2) is 24.3 Å². The Labute approximate surface area is 128 Å². The molecule has 9 heteroatoms. The Balaban J connectivity index is 2.14. The number of ether oxygens (including phenoxy) is 2. The third kappa shape index (κ3) is 2.93. The molecule has 1 aliphatic heterocycles. The molecule has 1 aromatic carbocycles. The number of halogens is 2. The summed E-state index contributed by atoms with van der Waals surface area (Å²) in [5.41, 5.74) is -0.0976. The van der Waals surface area contributed by atoms with Gasteiger partial charge in [0.05, 0.1) is 10.5 Å². The average Bonchev–Trinajstić information content (AvgIpc) is 2.61. The van der Waals surface area contributed by atoms with E-state index in [1.807, 2.05) is 0 Å². The molecule has 7 nitrogen and oxygen atoms in total. The van der Waals surface area contributed by atoms with Crippen molar-refractivity contribution in [2.75, 3.05) is 0 Å². The van der Waals surface area contributed by atoms with Crippen LogP contribution in [0.4, 0.5) is 5.69 Å². The first-order valence-electron chi connectivity index (χ1n) is 5.78. The second kappa shape index (κ2) is 5.50. The summed E-state index contributed by atoms with van der Waals surface area (Å²) in [4.78, 5) is 33.3. The summed E-state index contributed by atoms with van der Waals surface area (Å²) in [6, 6.07) is 4.77. The van der Waals surface area contributed by atoms with Crippen LogP contribution in [0.1, 0.15) is 17.3 Å². The van der Waals surface area contributed by atoms with Crippen LogP contribution in [0.2, 0.25) is 0 Å². The molecule has 0 bridgehead atoms. The topological polar surface area (TPSA) is 95.7 Å². The highest BCUT2D eigenvalue weighted by molar-refractivity contribution is 6.58. The van der Waals surface area contributed by atoms with Crippen LogP contribution in [-0.4, -0.2) is 33.4 Å². The van der Waals surface area contributed by atoms with Crippen LogP contribution < -0.4 is 0 Å². The zero-order chi connectivity index (χ0) is 15.8. The van der Waals surface area contributed by atoms with Gasteiger partial charge in [0.2, 0.25) is 0 Å². The zero-order valence-electron chi connectivity index (χ0n) is 10.6. The molecule has 0 spiro atoms. The SMILES string of the molecule is C[C@@H]1OC(=O)C(Cl)(Cl)[C@@H]1OC(=O)c1ccc([N+](=O)[O-])cc1. The lowest BCUT2D eigenvalue weighted by molar-refractivity contribution is -0.384. The van der Waals surface area contributed by atoms with Crippen LogP contribution in [0.25, 0.3) is 0 Å². The first kappa shape index (κ1) is 15.5. The number of nitro benzene ring substituents is 1. The van der Waals surface area contributed by atoms with E-state index in [0.29, 0.717) is 0 Å².